The predicted octanol–water partition coefficient (Wildman–Crippen LogP) is 3.89. The lowest BCUT2D eigenvalue weighted by molar-refractivity contribution is -0.116. The van der Waals surface area contributed by atoms with Crippen LogP contribution in [0.15, 0.2) is 34.0 Å². The van der Waals surface area contributed by atoms with Crippen LogP contribution < -0.4 is 4.74 Å². The minimum Gasteiger partial charge on any atom is -0.497 e. The summed E-state index contributed by atoms with van der Waals surface area (Å²) in [6, 6.07) is 7.85. The zero-order valence-electron chi connectivity index (χ0n) is 10.9. The van der Waals surface area contributed by atoms with Crippen LogP contribution in [0.1, 0.15) is 13.3 Å². The van der Waals surface area contributed by atoms with E-state index >= 15 is 0 Å². The second kappa shape index (κ2) is 6.73. The van der Waals surface area contributed by atoms with E-state index in [4.69, 9.17) is 4.74 Å². The maximum absolute atomic E-state index is 10.9. The van der Waals surface area contributed by atoms with E-state index in [1.807, 2.05) is 29.6 Å². The number of benzene rings is 1. The maximum Gasteiger partial charge on any atom is 0.150 e. The molecule has 0 amide bonds. The molecule has 1 heterocycles. The Hall–Kier alpha value is -1.33. The second-order valence-corrected chi connectivity index (χ2v) is 6.23. The number of methoxy groups -OCH3 is 1. The molecule has 0 unspecified atom stereocenters. The topological polar surface area (TPSA) is 39.2 Å². The van der Waals surface area contributed by atoms with Gasteiger partial charge >= 0.3 is 0 Å². The van der Waals surface area contributed by atoms with Crippen molar-refractivity contribution in [1.29, 1.82) is 0 Å². The highest BCUT2D eigenvalue weighted by Crippen LogP contribution is 2.29. The van der Waals surface area contributed by atoms with Crippen molar-refractivity contribution >= 4 is 28.9 Å². The van der Waals surface area contributed by atoms with E-state index in [0.717, 1.165) is 27.1 Å². The van der Waals surface area contributed by atoms with Crippen LogP contribution in [0, 0.1) is 0 Å². The molecule has 0 fully saturated rings. The number of Topliss-reactive ketones (excluding diaryl/α,β-unsaturated/α-hetero) is 1. The lowest BCUT2D eigenvalue weighted by Gasteiger charge is -2.00. The first-order chi connectivity index (χ1) is 9.19. The Morgan fingerprint density at radius 2 is 2.11 bits per heavy atom. The van der Waals surface area contributed by atoms with Crippen molar-refractivity contribution in [3.8, 4) is 17.0 Å². The van der Waals surface area contributed by atoms with Crippen LogP contribution in [0.3, 0.4) is 0 Å². The van der Waals surface area contributed by atoms with Gasteiger partial charge in [0, 0.05) is 23.1 Å². The van der Waals surface area contributed by atoms with Gasteiger partial charge in [-0.15, -0.1) is 11.3 Å². The molecule has 0 bridgehead atoms. The smallest absolute Gasteiger partial charge is 0.150 e. The third-order valence-corrected chi connectivity index (χ3v) is 4.57. The molecule has 3 nitrogen and oxygen atoms in total. The first-order valence-corrected chi connectivity index (χ1v) is 7.78. The molecule has 0 radical (unpaired) electrons. The highest BCUT2D eigenvalue weighted by Gasteiger charge is 2.05. The molecule has 2 aromatic rings. The van der Waals surface area contributed by atoms with Gasteiger partial charge in [-0.1, -0.05) is 11.8 Å². The minimum atomic E-state index is 0.222. The number of aromatic nitrogens is 1. The standard InChI is InChI=1S/C14H15NO2S2/c1-10(16)7-8-18-14-15-13(9-19-14)11-3-5-12(17-2)6-4-11/h3-6,9H,7-8H2,1-2H3. The Morgan fingerprint density at radius 1 is 1.37 bits per heavy atom. The molecule has 100 valence electrons. The molecule has 0 atom stereocenters. The lowest BCUT2D eigenvalue weighted by atomic mass is 10.2. The van der Waals surface area contributed by atoms with Crippen LogP contribution in [0.5, 0.6) is 5.75 Å². The zero-order valence-corrected chi connectivity index (χ0v) is 12.5. The maximum atomic E-state index is 10.9. The van der Waals surface area contributed by atoms with Crippen molar-refractivity contribution in [2.24, 2.45) is 0 Å². The Bertz CT molecular complexity index is 549. The Kier molecular flexibility index (Phi) is 4.99. The number of hydrogen-bond donors (Lipinski definition) is 0. The van der Waals surface area contributed by atoms with Crippen molar-refractivity contribution in [3.63, 3.8) is 0 Å². The molecule has 1 aromatic carbocycles. The Labute approximate surface area is 121 Å². The number of nitrogens with zero attached hydrogens (tertiary/aromatic N) is 1. The highest BCUT2D eigenvalue weighted by atomic mass is 32.2. The highest BCUT2D eigenvalue weighted by molar-refractivity contribution is 8.01. The van der Waals surface area contributed by atoms with Crippen LogP contribution >= 0.6 is 23.1 Å². The van der Waals surface area contributed by atoms with E-state index in [-0.39, 0.29) is 5.78 Å². The second-order valence-electron chi connectivity index (χ2n) is 4.03. The van der Waals surface area contributed by atoms with Crippen LogP contribution in [0.25, 0.3) is 11.3 Å². The summed E-state index contributed by atoms with van der Waals surface area (Å²) in [5.41, 5.74) is 2.05. The van der Waals surface area contributed by atoms with Crippen molar-refractivity contribution in [2.75, 3.05) is 12.9 Å². The molecule has 0 spiro atoms. The number of carbonyl (C=O) groups is 1. The molecule has 0 aliphatic carbocycles. The molecule has 0 saturated carbocycles. The summed E-state index contributed by atoms with van der Waals surface area (Å²) in [7, 11) is 1.65. The van der Waals surface area contributed by atoms with Gasteiger partial charge in [-0.05, 0) is 31.2 Å². The van der Waals surface area contributed by atoms with Gasteiger partial charge in [0.05, 0.1) is 12.8 Å². The number of carbonyl (C=O) groups excluding carboxylic acids is 1. The number of rotatable bonds is 6. The Morgan fingerprint density at radius 3 is 2.74 bits per heavy atom. The third-order valence-electron chi connectivity index (χ3n) is 2.55. The normalized spacial score (nSPS) is 10.4. The zero-order chi connectivity index (χ0) is 13.7. The fourth-order valence-electron chi connectivity index (χ4n) is 1.50. The van der Waals surface area contributed by atoms with Crippen molar-refractivity contribution < 1.29 is 9.53 Å². The summed E-state index contributed by atoms with van der Waals surface area (Å²) in [6.07, 6.45) is 0.599. The van der Waals surface area contributed by atoms with Crippen molar-refractivity contribution in [3.05, 3.63) is 29.6 Å². The van der Waals surface area contributed by atoms with E-state index in [2.05, 4.69) is 4.98 Å². The van der Waals surface area contributed by atoms with Gasteiger partial charge in [0.15, 0.2) is 4.34 Å². The molecular weight excluding hydrogens is 278 g/mol. The molecule has 0 aliphatic heterocycles. The number of ether oxygens (including phenoxy) is 1. The molecule has 19 heavy (non-hydrogen) atoms. The summed E-state index contributed by atoms with van der Waals surface area (Å²) in [5.74, 6) is 1.86. The largest absolute Gasteiger partial charge is 0.497 e. The molecular formula is C14H15NO2S2. The molecule has 0 saturated heterocycles. The van der Waals surface area contributed by atoms with E-state index in [1.54, 1.807) is 37.1 Å². The van der Waals surface area contributed by atoms with E-state index in [1.165, 1.54) is 0 Å². The van der Waals surface area contributed by atoms with E-state index < -0.39 is 0 Å². The van der Waals surface area contributed by atoms with Crippen LogP contribution in [0.4, 0.5) is 0 Å². The number of hydrogen-bond acceptors (Lipinski definition) is 5. The molecule has 0 aliphatic rings. The van der Waals surface area contributed by atoms with Gasteiger partial charge in [0.2, 0.25) is 0 Å². The number of thiazole rings is 1. The summed E-state index contributed by atoms with van der Waals surface area (Å²) < 4.78 is 6.14. The van der Waals surface area contributed by atoms with Crippen LogP contribution in [0.2, 0.25) is 0 Å². The summed E-state index contributed by atoms with van der Waals surface area (Å²) >= 11 is 3.25. The predicted molar refractivity (Wildman–Crippen MR) is 80.1 cm³/mol. The van der Waals surface area contributed by atoms with Gasteiger partial charge < -0.3 is 4.74 Å². The fraction of sp³-hybridized carbons (Fsp3) is 0.286. The summed E-state index contributed by atoms with van der Waals surface area (Å²) in [5, 5.41) is 2.04. The van der Waals surface area contributed by atoms with Crippen LogP contribution in [-0.2, 0) is 4.79 Å². The molecule has 0 N–H and O–H groups in total. The number of ketones is 1. The van der Waals surface area contributed by atoms with Gasteiger partial charge in [0.1, 0.15) is 11.5 Å². The van der Waals surface area contributed by atoms with Gasteiger partial charge in [-0.2, -0.15) is 0 Å². The first-order valence-electron chi connectivity index (χ1n) is 5.91. The van der Waals surface area contributed by atoms with Crippen molar-refractivity contribution in [1.82, 2.24) is 4.98 Å². The lowest BCUT2D eigenvalue weighted by Crippen LogP contribution is -1.91. The molecule has 5 heteroatoms. The summed E-state index contributed by atoms with van der Waals surface area (Å²) in [4.78, 5) is 15.4. The monoisotopic (exact) mass is 293 g/mol. The first kappa shape index (κ1) is 14.1. The average molecular weight is 293 g/mol. The molecule has 1 aromatic heterocycles. The van der Waals surface area contributed by atoms with Gasteiger partial charge in [-0.3, -0.25) is 4.79 Å². The van der Waals surface area contributed by atoms with E-state index in [9.17, 15) is 4.79 Å². The van der Waals surface area contributed by atoms with Gasteiger partial charge in [0.25, 0.3) is 0 Å². The molecule has 2 rings (SSSR count). The Balaban J connectivity index is 2.01. The fourth-order valence-corrected chi connectivity index (χ4v) is 3.45. The average Bonchev–Trinajstić information content (AvgIpc) is 2.87. The minimum absolute atomic E-state index is 0.222. The summed E-state index contributed by atoms with van der Waals surface area (Å²) in [6.45, 7) is 1.62. The van der Waals surface area contributed by atoms with E-state index in [0.29, 0.717) is 6.42 Å². The van der Waals surface area contributed by atoms with Gasteiger partial charge in [-0.25, -0.2) is 4.98 Å². The van der Waals surface area contributed by atoms with Crippen LogP contribution in [-0.4, -0.2) is 23.6 Å². The SMILES string of the molecule is COc1ccc(-c2csc(SCCC(C)=O)n2)cc1. The number of thioether (sulfide) groups is 1. The van der Waals surface area contributed by atoms with Crippen molar-refractivity contribution in [2.45, 2.75) is 17.7 Å². The quantitative estimate of drug-likeness (QED) is 0.757. The third kappa shape index (κ3) is 4.08.